The quantitative estimate of drug-likeness (QED) is 0.837. The number of nitrogens with zero attached hydrogens (tertiary/aromatic N) is 2. The van der Waals surface area contributed by atoms with Gasteiger partial charge in [0, 0.05) is 12.3 Å². The van der Waals surface area contributed by atoms with Crippen molar-refractivity contribution in [2.45, 2.75) is 13.5 Å². The lowest BCUT2D eigenvalue weighted by Crippen LogP contribution is -1.99. The molecule has 2 rings (SSSR count). The monoisotopic (exact) mass is 242 g/mol. The third kappa shape index (κ3) is 3.31. The van der Waals surface area contributed by atoms with Crippen molar-refractivity contribution in [2.24, 2.45) is 0 Å². The van der Waals surface area contributed by atoms with E-state index < -0.39 is 5.97 Å². The first-order valence-electron chi connectivity index (χ1n) is 5.62. The van der Waals surface area contributed by atoms with Crippen LogP contribution in [0.15, 0.2) is 42.7 Å². The standard InChI is InChI=1S/C14H14N2O2/c1-11-8-15-16(9-11)10-13-4-2-3-12(7-13)5-6-14(17)18/h2-9H,10H2,1H3,(H,17,18). The number of aryl methyl sites for hydroxylation is 1. The van der Waals surface area contributed by atoms with E-state index in [1.165, 1.54) is 0 Å². The highest BCUT2D eigenvalue weighted by Crippen LogP contribution is 2.09. The van der Waals surface area contributed by atoms with Gasteiger partial charge < -0.3 is 5.11 Å². The number of carboxylic acid groups (broad SMARTS) is 1. The van der Waals surface area contributed by atoms with E-state index in [9.17, 15) is 4.79 Å². The minimum absolute atomic E-state index is 0.683. The highest BCUT2D eigenvalue weighted by Gasteiger charge is 1.98. The van der Waals surface area contributed by atoms with Gasteiger partial charge in [-0.25, -0.2) is 4.79 Å². The van der Waals surface area contributed by atoms with Gasteiger partial charge in [-0.1, -0.05) is 18.2 Å². The van der Waals surface area contributed by atoms with Crippen LogP contribution in [-0.2, 0) is 11.3 Å². The molecule has 4 nitrogen and oxygen atoms in total. The molecule has 18 heavy (non-hydrogen) atoms. The Balaban J connectivity index is 2.14. The van der Waals surface area contributed by atoms with Crippen molar-refractivity contribution in [1.29, 1.82) is 0 Å². The van der Waals surface area contributed by atoms with Gasteiger partial charge in [0.05, 0.1) is 12.7 Å². The van der Waals surface area contributed by atoms with Crippen molar-refractivity contribution in [3.05, 3.63) is 59.4 Å². The average Bonchev–Trinajstić information content (AvgIpc) is 2.73. The van der Waals surface area contributed by atoms with E-state index in [1.807, 2.05) is 48.3 Å². The van der Waals surface area contributed by atoms with Crippen LogP contribution >= 0.6 is 0 Å². The van der Waals surface area contributed by atoms with Gasteiger partial charge in [-0.3, -0.25) is 4.68 Å². The van der Waals surface area contributed by atoms with E-state index in [0.29, 0.717) is 6.54 Å². The van der Waals surface area contributed by atoms with E-state index >= 15 is 0 Å². The minimum Gasteiger partial charge on any atom is -0.478 e. The summed E-state index contributed by atoms with van der Waals surface area (Å²) in [7, 11) is 0. The zero-order valence-electron chi connectivity index (χ0n) is 10.1. The second-order valence-corrected chi connectivity index (χ2v) is 4.13. The molecule has 0 saturated carbocycles. The number of hydrogen-bond donors (Lipinski definition) is 1. The molecule has 0 aliphatic carbocycles. The van der Waals surface area contributed by atoms with Gasteiger partial charge in [0.25, 0.3) is 0 Å². The number of benzene rings is 1. The van der Waals surface area contributed by atoms with E-state index in [2.05, 4.69) is 5.10 Å². The fourth-order valence-corrected chi connectivity index (χ4v) is 1.70. The van der Waals surface area contributed by atoms with E-state index in [0.717, 1.165) is 22.8 Å². The molecule has 1 heterocycles. The lowest BCUT2D eigenvalue weighted by atomic mass is 10.1. The molecule has 92 valence electrons. The maximum absolute atomic E-state index is 10.5. The summed E-state index contributed by atoms with van der Waals surface area (Å²) >= 11 is 0. The van der Waals surface area contributed by atoms with Crippen LogP contribution in [-0.4, -0.2) is 20.9 Å². The molecule has 1 N–H and O–H groups in total. The Bertz CT molecular complexity index is 585. The third-order valence-electron chi connectivity index (χ3n) is 2.48. The maximum atomic E-state index is 10.5. The third-order valence-corrected chi connectivity index (χ3v) is 2.48. The lowest BCUT2D eigenvalue weighted by Gasteiger charge is -2.03. The average molecular weight is 242 g/mol. The lowest BCUT2D eigenvalue weighted by molar-refractivity contribution is -0.131. The summed E-state index contributed by atoms with van der Waals surface area (Å²) < 4.78 is 1.86. The van der Waals surface area contributed by atoms with Crippen LogP contribution in [0.5, 0.6) is 0 Å². The number of aliphatic carboxylic acids is 1. The predicted molar refractivity (Wildman–Crippen MR) is 69.2 cm³/mol. The minimum atomic E-state index is -0.942. The number of aromatic nitrogens is 2. The zero-order valence-corrected chi connectivity index (χ0v) is 10.1. The van der Waals surface area contributed by atoms with E-state index in [-0.39, 0.29) is 0 Å². The summed E-state index contributed by atoms with van der Waals surface area (Å²) in [5.41, 5.74) is 3.08. The maximum Gasteiger partial charge on any atom is 0.328 e. The van der Waals surface area contributed by atoms with Crippen molar-refractivity contribution >= 4 is 12.0 Å². The van der Waals surface area contributed by atoms with Gasteiger partial charge in [0.1, 0.15) is 0 Å². The molecule has 0 saturated heterocycles. The number of carboxylic acids is 1. The van der Waals surface area contributed by atoms with Gasteiger partial charge in [0.2, 0.25) is 0 Å². The molecule has 1 aromatic heterocycles. The molecule has 0 aliphatic heterocycles. The normalized spacial score (nSPS) is 10.9. The van der Waals surface area contributed by atoms with Crippen LogP contribution in [0.4, 0.5) is 0 Å². The molecule has 0 atom stereocenters. The van der Waals surface area contributed by atoms with Gasteiger partial charge in [-0.05, 0) is 35.8 Å². The Morgan fingerprint density at radius 1 is 1.50 bits per heavy atom. The number of rotatable bonds is 4. The molecular weight excluding hydrogens is 228 g/mol. The summed E-state index contributed by atoms with van der Waals surface area (Å²) in [6, 6.07) is 7.73. The Labute approximate surface area is 105 Å². The van der Waals surface area contributed by atoms with Gasteiger partial charge >= 0.3 is 5.97 Å². The predicted octanol–water partition coefficient (Wildman–Crippen LogP) is 2.34. The molecule has 1 aromatic carbocycles. The number of hydrogen-bond acceptors (Lipinski definition) is 2. The van der Waals surface area contributed by atoms with Crippen molar-refractivity contribution in [2.75, 3.05) is 0 Å². The highest BCUT2D eigenvalue weighted by molar-refractivity contribution is 5.85. The summed E-state index contributed by atoms with van der Waals surface area (Å²) in [6.07, 6.45) is 6.51. The van der Waals surface area contributed by atoms with Gasteiger partial charge in [-0.15, -0.1) is 0 Å². The second-order valence-electron chi connectivity index (χ2n) is 4.13. The van der Waals surface area contributed by atoms with Gasteiger partial charge in [0.15, 0.2) is 0 Å². The van der Waals surface area contributed by atoms with Crippen LogP contribution in [0, 0.1) is 6.92 Å². The van der Waals surface area contributed by atoms with Crippen LogP contribution < -0.4 is 0 Å². The topological polar surface area (TPSA) is 55.1 Å². The van der Waals surface area contributed by atoms with Gasteiger partial charge in [-0.2, -0.15) is 5.10 Å². The molecule has 0 fully saturated rings. The smallest absolute Gasteiger partial charge is 0.328 e. The Morgan fingerprint density at radius 2 is 2.33 bits per heavy atom. The first kappa shape index (κ1) is 12.1. The number of carbonyl (C=O) groups is 1. The van der Waals surface area contributed by atoms with Crippen molar-refractivity contribution in [1.82, 2.24) is 9.78 Å². The second kappa shape index (κ2) is 5.31. The van der Waals surface area contributed by atoms with Crippen molar-refractivity contribution in [3.8, 4) is 0 Å². The molecular formula is C14H14N2O2. The van der Waals surface area contributed by atoms with E-state index in [4.69, 9.17) is 5.11 Å². The fraction of sp³-hybridized carbons (Fsp3) is 0.143. The molecule has 0 spiro atoms. The SMILES string of the molecule is Cc1cnn(Cc2cccc(C=CC(=O)O)c2)c1. The Kier molecular flexibility index (Phi) is 3.57. The highest BCUT2D eigenvalue weighted by atomic mass is 16.4. The summed E-state index contributed by atoms with van der Waals surface area (Å²) in [4.78, 5) is 10.5. The summed E-state index contributed by atoms with van der Waals surface area (Å²) in [5, 5.41) is 12.8. The van der Waals surface area contributed by atoms with E-state index in [1.54, 1.807) is 6.08 Å². The van der Waals surface area contributed by atoms with Crippen LogP contribution in [0.2, 0.25) is 0 Å². The molecule has 0 aliphatic rings. The van der Waals surface area contributed by atoms with Crippen molar-refractivity contribution < 1.29 is 9.90 Å². The molecule has 0 radical (unpaired) electrons. The Hall–Kier alpha value is -2.36. The zero-order chi connectivity index (χ0) is 13.0. The summed E-state index contributed by atoms with van der Waals surface area (Å²) in [5.74, 6) is -0.942. The van der Waals surface area contributed by atoms with Crippen molar-refractivity contribution in [3.63, 3.8) is 0 Å². The molecule has 4 heteroatoms. The Morgan fingerprint density at radius 3 is 3.00 bits per heavy atom. The molecule has 0 bridgehead atoms. The summed E-state index contributed by atoms with van der Waals surface area (Å²) in [6.45, 7) is 2.68. The van der Waals surface area contributed by atoms with Crippen LogP contribution in [0.1, 0.15) is 16.7 Å². The van der Waals surface area contributed by atoms with Crippen LogP contribution in [0.3, 0.4) is 0 Å². The molecule has 0 unspecified atom stereocenters. The first-order valence-corrected chi connectivity index (χ1v) is 5.62. The molecule has 2 aromatic rings. The molecule has 0 amide bonds. The first-order chi connectivity index (χ1) is 8.63. The largest absolute Gasteiger partial charge is 0.478 e. The van der Waals surface area contributed by atoms with Crippen LogP contribution in [0.25, 0.3) is 6.08 Å². The fourth-order valence-electron chi connectivity index (χ4n) is 1.70.